The molecule has 1 aliphatic rings. The van der Waals surface area contributed by atoms with Crippen LogP contribution >= 0.6 is 0 Å². The maximum atomic E-state index is 6.05. The molecule has 0 spiro atoms. The SMILES string of the molecule is CCN1CCN(C(CN)c2ccc(C)cc2)C(C)C1. The van der Waals surface area contributed by atoms with Crippen LogP contribution in [0.2, 0.25) is 0 Å². The van der Waals surface area contributed by atoms with E-state index in [1.165, 1.54) is 11.1 Å². The summed E-state index contributed by atoms with van der Waals surface area (Å²) in [6.45, 7) is 12.0. The van der Waals surface area contributed by atoms with Crippen LogP contribution in [-0.4, -0.2) is 48.6 Å². The molecule has 0 aliphatic carbocycles. The standard InChI is InChI=1S/C16H27N3/c1-4-18-9-10-19(14(3)12-18)16(11-17)15-7-5-13(2)6-8-15/h5-8,14,16H,4,9-12,17H2,1-3H3. The zero-order valence-electron chi connectivity index (χ0n) is 12.5. The van der Waals surface area contributed by atoms with Crippen LogP contribution in [0, 0.1) is 6.92 Å². The van der Waals surface area contributed by atoms with Crippen LogP contribution < -0.4 is 5.73 Å². The number of hydrogen-bond donors (Lipinski definition) is 1. The van der Waals surface area contributed by atoms with Gasteiger partial charge in [-0.2, -0.15) is 0 Å². The lowest BCUT2D eigenvalue weighted by Gasteiger charge is -2.43. The van der Waals surface area contributed by atoms with Crippen molar-refractivity contribution in [1.82, 2.24) is 9.80 Å². The smallest absolute Gasteiger partial charge is 0.0474 e. The fourth-order valence-corrected chi connectivity index (χ4v) is 3.05. The molecule has 1 aliphatic heterocycles. The third-order valence-corrected chi connectivity index (χ3v) is 4.30. The van der Waals surface area contributed by atoms with Crippen molar-refractivity contribution in [2.45, 2.75) is 32.9 Å². The van der Waals surface area contributed by atoms with Crippen molar-refractivity contribution in [1.29, 1.82) is 0 Å². The summed E-state index contributed by atoms with van der Waals surface area (Å²) < 4.78 is 0. The number of aryl methyl sites for hydroxylation is 1. The van der Waals surface area contributed by atoms with Gasteiger partial charge in [0, 0.05) is 38.3 Å². The predicted octanol–water partition coefficient (Wildman–Crippen LogP) is 2.02. The Labute approximate surface area is 117 Å². The molecule has 1 fully saturated rings. The molecule has 0 saturated carbocycles. The van der Waals surface area contributed by atoms with E-state index in [1.807, 2.05) is 0 Å². The summed E-state index contributed by atoms with van der Waals surface area (Å²) in [4.78, 5) is 5.08. The molecule has 2 unspecified atom stereocenters. The largest absolute Gasteiger partial charge is 0.329 e. The predicted molar refractivity (Wildman–Crippen MR) is 81.3 cm³/mol. The second kappa shape index (κ2) is 6.51. The number of piperazine rings is 1. The lowest BCUT2D eigenvalue weighted by molar-refractivity contribution is 0.0536. The van der Waals surface area contributed by atoms with Crippen LogP contribution in [0.5, 0.6) is 0 Å². The van der Waals surface area contributed by atoms with Crippen molar-refractivity contribution >= 4 is 0 Å². The van der Waals surface area contributed by atoms with Crippen molar-refractivity contribution in [2.75, 3.05) is 32.7 Å². The summed E-state index contributed by atoms with van der Waals surface area (Å²) in [6, 6.07) is 9.76. The van der Waals surface area contributed by atoms with Crippen molar-refractivity contribution in [3.8, 4) is 0 Å². The number of hydrogen-bond acceptors (Lipinski definition) is 3. The molecule has 3 nitrogen and oxygen atoms in total. The summed E-state index contributed by atoms with van der Waals surface area (Å²) in [6.07, 6.45) is 0. The minimum Gasteiger partial charge on any atom is -0.329 e. The quantitative estimate of drug-likeness (QED) is 0.900. The third-order valence-electron chi connectivity index (χ3n) is 4.30. The third kappa shape index (κ3) is 3.35. The molecule has 2 rings (SSSR count). The van der Waals surface area contributed by atoms with Gasteiger partial charge in [0.2, 0.25) is 0 Å². The normalized spacial score (nSPS) is 23.5. The molecule has 1 aromatic carbocycles. The second-order valence-corrected chi connectivity index (χ2v) is 5.64. The Morgan fingerprint density at radius 2 is 1.95 bits per heavy atom. The summed E-state index contributed by atoms with van der Waals surface area (Å²) in [5, 5.41) is 0. The fraction of sp³-hybridized carbons (Fsp3) is 0.625. The molecule has 1 heterocycles. The first kappa shape index (κ1) is 14.5. The first-order chi connectivity index (χ1) is 9.15. The van der Waals surface area contributed by atoms with Crippen molar-refractivity contribution < 1.29 is 0 Å². The Bertz CT molecular complexity index is 387. The van der Waals surface area contributed by atoms with Gasteiger partial charge in [-0.25, -0.2) is 0 Å². The number of nitrogens with zero attached hydrogens (tertiary/aromatic N) is 2. The van der Waals surface area contributed by atoms with Crippen LogP contribution in [0.4, 0.5) is 0 Å². The van der Waals surface area contributed by atoms with Crippen LogP contribution in [0.1, 0.15) is 31.0 Å². The Morgan fingerprint density at radius 1 is 1.26 bits per heavy atom. The number of likely N-dealkylation sites (N-methyl/N-ethyl adjacent to an activating group) is 1. The highest BCUT2D eigenvalue weighted by Crippen LogP contribution is 2.24. The molecule has 2 N–H and O–H groups in total. The van der Waals surface area contributed by atoms with Gasteiger partial charge >= 0.3 is 0 Å². The molecule has 19 heavy (non-hydrogen) atoms. The highest BCUT2D eigenvalue weighted by molar-refractivity contribution is 5.24. The van der Waals surface area contributed by atoms with Crippen LogP contribution in [0.25, 0.3) is 0 Å². The lowest BCUT2D eigenvalue weighted by Crippen LogP contribution is -2.53. The van der Waals surface area contributed by atoms with E-state index in [-0.39, 0.29) is 0 Å². The first-order valence-corrected chi connectivity index (χ1v) is 7.40. The number of benzene rings is 1. The molecule has 0 radical (unpaired) electrons. The molecular weight excluding hydrogens is 234 g/mol. The number of nitrogens with two attached hydrogens (primary N) is 1. The first-order valence-electron chi connectivity index (χ1n) is 7.40. The molecule has 0 aromatic heterocycles. The van der Waals surface area contributed by atoms with Crippen LogP contribution in [0.3, 0.4) is 0 Å². The number of rotatable bonds is 4. The van der Waals surface area contributed by atoms with E-state index >= 15 is 0 Å². The Kier molecular flexibility index (Phi) is 4.97. The molecule has 0 amide bonds. The minimum absolute atomic E-state index is 0.356. The maximum absolute atomic E-state index is 6.05. The topological polar surface area (TPSA) is 32.5 Å². The summed E-state index contributed by atoms with van der Waals surface area (Å²) in [5.74, 6) is 0. The molecule has 1 saturated heterocycles. The van der Waals surface area contributed by atoms with E-state index < -0.39 is 0 Å². The second-order valence-electron chi connectivity index (χ2n) is 5.64. The van der Waals surface area contributed by atoms with Crippen LogP contribution in [0.15, 0.2) is 24.3 Å². The van der Waals surface area contributed by atoms with E-state index in [0.29, 0.717) is 18.6 Å². The highest BCUT2D eigenvalue weighted by atomic mass is 15.3. The van der Waals surface area contributed by atoms with Crippen molar-refractivity contribution in [3.63, 3.8) is 0 Å². The van der Waals surface area contributed by atoms with E-state index in [2.05, 4.69) is 54.8 Å². The van der Waals surface area contributed by atoms with Gasteiger partial charge in [0.1, 0.15) is 0 Å². The zero-order chi connectivity index (χ0) is 13.8. The summed E-state index contributed by atoms with van der Waals surface area (Å²) in [7, 11) is 0. The highest BCUT2D eigenvalue weighted by Gasteiger charge is 2.28. The van der Waals surface area contributed by atoms with Gasteiger partial charge in [-0.15, -0.1) is 0 Å². The van der Waals surface area contributed by atoms with E-state index in [1.54, 1.807) is 0 Å². The van der Waals surface area contributed by atoms with E-state index in [4.69, 9.17) is 5.73 Å². The van der Waals surface area contributed by atoms with Gasteiger partial charge in [0.05, 0.1) is 0 Å². The molecular formula is C16H27N3. The van der Waals surface area contributed by atoms with Gasteiger partial charge in [-0.05, 0) is 26.0 Å². The van der Waals surface area contributed by atoms with Gasteiger partial charge in [-0.1, -0.05) is 36.8 Å². The summed E-state index contributed by atoms with van der Waals surface area (Å²) in [5.41, 5.74) is 8.71. The Morgan fingerprint density at radius 3 is 2.47 bits per heavy atom. The fourth-order valence-electron chi connectivity index (χ4n) is 3.05. The Hall–Kier alpha value is -0.900. The molecule has 3 heteroatoms. The zero-order valence-corrected chi connectivity index (χ0v) is 12.5. The minimum atomic E-state index is 0.356. The van der Waals surface area contributed by atoms with E-state index in [0.717, 1.165) is 26.2 Å². The van der Waals surface area contributed by atoms with Gasteiger partial charge in [0.15, 0.2) is 0 Å². The van der Waals surface area contributed by atoms with Crippen LogP contribution in [-0.2, 0) is 0 Å². The maximum Gasteiger partial charge on any atom is 0.0474 e. The summed E-state index contributed by atoms with van der Waals surface area (Å²) >= 11 is 0. The van der Waals surface area contributed by atoms with E-state index in [9.17, 15) is 0 Å². The van der Waals surface area contributed by atoms with Gasteiger partial charge in [0.25, 0.3) is 0 Å². The van der Waals surface area contributed by atoms with Gasteiger partial charge in [-0.3, -0.25) is 4.90 Å². The van der Waals surface area contributed by atoms with Crippen molar-refractivity contribution in [3.05, 3.63) is 35.4 Å². The van der Waals surface area contributed by atoms with Crippen molar-refractivity contribution in [2.24, 2.45) is 5.73 Å². The Balaban J connectivity index is 2.11. The average Bonchev–Trinajstić information content (AvgIpc) is 2.43. The van der Waals surface area contributed by atoms with Gasteiger partial charge < -0.3 is 10.6 Å². The average molecular weight is 261 g/mol. The monoisotopic (exact) mass is 261 g/mol. The molecule has 2 atom stereocenters. The molecule has 0 bridgehead atoms. The molecule has 106 valence electrons. The molecule has 1 aromatic rings. The lowest BCUT2D eigenvalue weighted by atomic mass is 10.0.